The Labute approximate surface area is 159 Å². The molecule has 1 aromatic heterocycles. The Morgan fingerprint density at radius 2 is 1.59 bits per heavy atom. The van der Waals surface area contributed by atoms with Crippen molar-refractivity contribution in [1.82, 2.24) is 5.32 Å². The molecule has 3 aromatic rings. The molecule has 0 saturated heterocycles. The van der Waals surface area contributed by atoms with Gasteiger partial charge in [0, 0.05) is 10.4 Å². The summed E-state index contributed by atoms with van der Waals surface area (Å²) in [7, 11) is -4.68. The summed E-state index contributed by atoms with van der Waals surface area (Å²) in [6, 6.07) is 17.3. The maximum Gasteiger partial charge on any atom is 0.341 e. The quantitative estimate of drug-likeness (QED) is 0.664. The third kappa shape index (κ3) is 4.23. The molecule has 0 spiro atoms. The van der Waals surface area contributed by atoms with Crippen LogP contribution in [0.3, 0.4) is 0 Å². The van der Waals surface area contributed by atoms with Crippen LogP contribution in [0.4, 0.5) is 8.78 Å². The van der Waals surface area contributed by atoms with Gasteiger partial charge in [0.05, 0.1) is 10.9 Å². The number of rotatable bonds is 6. The van der Waals surface area contributed by atoms with E-state index in [0.717, 1.165) is 22.6 Å². The summed E-state index contributed by atoms with van der Waals surface area (Å²) >= 11 is 1.49. The van der Waals surface area contributed by atoms with E-state index in [1.54, 1.807) is 0 Å². The van der Waals surface area contributed by atoms with E-state index in [4.69, 9.17) is 0 Å². The smallest absolute Gasteiger partial charge is 0.340 e. The Hall–Kier alpha value is -2.58. The van der Waals surface area contributed by atoms with Crippen LogP contribution in [0.25, 0.3) is 0 Å². The lowest BCUT2D eigenvalue weighted by atomic mass is 10.0. The second kappa shape index (κ2) is 7.98. The molecular formula is C19H15F2NO3S2. The van der Waals surface area contributed by atoms with Crippen molar-refractivity contribution < 1.29 is 22.0 Å². The van der Waals surface area contributed by atoms with Gasteiger partial charge in [0.15, 0.2) is 0 Å². The molecule has 0 bridgehead atoms. The Morgan fingerprint density at radius 1 is 0.926 bits per heavy atom. The molecule has 0 saturated carbocycles. The van der Waals surface area contributed by atoms with Gasteiger partial charge >= 0.3 is 5.76 Å². The Morgan fingerprint density at radius 3 is 2.15 bits per heavy atom. The number of sulfone groups is 1. The van der Waals surface area contributed by atoms with E-state index in [-0.39, 0.29) is 11.6 Å². The van der Waals surface area contributed by atoms with Crippen LogP contribution in [0.1, 0.15) is 26.8 Å². The number of hydrogen-bond acceptors (Lipinski definition) is 4. The molecule has 0 aliphatic rings. The van der Waals surface area contributed by atoms with E-state index < -0.39 is 26.4 Å². The topological polar surface area (TPSA) is 63.2 Å². The third-order valence-corrected chi connectivity index (χ3v) is 6.25. The zero-order chi connectivity index (χ0) is 19.4. The van der Waals surface area contributed by atoms with Gasteiger partial charge < -0.3 is 5.32 Å². The fourth-order valence-electron chi connectivity index (χ4n) is 2.53. The Bertz CT molecular complexity index is 1000. The van der Waals surface area contributed by atoms with Crippen LogP contribution < -0.4 is 5.32 Å². The minimum Gasteiger partial charge on any atom is -0.340 e. The largest absolute Gasteiger partial charge is 0.341 e. The zero-order valence-electron chi connectivity index (χ0n) is 13.9. The van der Waals surface area contributed by atoms with E-state index in [1.807, 2.05) is 47.8 Å². The molecule has 8 heteroatoms. The van der Waals surface area contributed by atoms with Crippen molar-refractivity contribution in [2.75, 3.05) is 0 Å². The average molecular weight is 407 g/mol. The predicted octanol–water partition coefficient (Wildman–Crippen LogP) is 4.26. The monoisotopic (exact) mass is 407 g/mol. The molecule has 0 aliphatic heterocycles. The fourth-order valence-corrected chi connectivity index (χ4v) is 4.06. The van der Waals surface area contributed by atoms with Crippen molar-refractivity contribution in [3.05, 3.63) is 88.1 Å². The summed E-state index contributed by atoms with van der Waals surface area (Å²) in [5.74, 6) is -3.93. The number of halogens is 2. The van der Waals surface area contributed by atoms with Crippen LogP contribution >= 0.6 is 11.3 Å². The lowest BCUT2D eigenvalue weighted by Crippen LogP contribution is -2.28. The summed E-state index contributed by atoms with van der Waals surface area (Å²) < 4.78 is 48.2. The highest BCUT2D eigenvalue weighted by atomic mass is 32.2. The van der Waals surface area contributed by atoms with Crippen LogP contribution in [0.15, 0.2) is 77.0 Å². The summed E-state index contributed by atoms with van der Waals surface area (Å²) in [5.41, 5.74) is 1.07. The molecule has 0 radical (unpaired) electrons. The van der Waals surface area contributed by atoms with Crippen LogP contribution in [0, 0.1) is 0 Å². The van der Waals surface area contributed by atoms with Gasteiger partial charge in [-0.2, -0.15) is 8.78 Å². The van der Waals surface area contributed by atoms with Crippen molar-refractivity contribution in [2.45, 2.75) is 16.7 Å². The minimum atomic E-state index is -4.68. The molecule has 1 N–H and O–H groups in total. The molecule has 0 fully saturated rings. The standard InChI is InChI=1S/C19H15F2NO3S2/c20-19(21)27(24,25)15-10-8-14(9-11-15)18(23)22-17(16-7-4-12-26-16)13-5-2-1-3-6-13/h1-12,17,19H,(H,22,23)/t17-/m0/s1. The molecule has 140 valence electrons. The highest BCUT2D eigenvalue weighted by Crippen LogP contribution is 2.26. The predicted molar refractivity (Wildman–Crippen MR) is 99.7 cm³/mol. The molecule has 1 heterocycles. The van der Waals surface area contributed by atoms with Crippen molar-refractivity contribution in [3.8, 4) is 0 Å². The number of nitrogens with one attached hydrogen (secondary N) is 1. The van der Waals surface area contributed by atoms with Gasteiger partial charge in [-0.3, -0.25) is 4.79 Å². The average Bonchev–Trinajstić information content (AvgIpc) is 3.21. The minimum absolute atomic E-state index is 0.181. The molecular weight excluding hydrogens is 392 g/mol. The lowest BCUT2D eigenvalue weighted by Gasteiger charge is -2.18. The molecule has 2 aromatic carbocycles. The van der Waals surface area contributed by atoms with Crippen molar-refractivity contribution >= 4 is 27.1 Å². The SMILES string of the molecule is O=C(N[C@@H](c1ccccc1)c1cccs1)c1ccc(S(=O)(=O)C(F)F)cc1. The summed E-state index contributed by atoms with van der Waals surface area (Å²) in [6.45, 7) is 0. The summed E-state index contributed by atoms with van der Waals surface area (Å²) in [4.78, 5) is 13.0. The second-order valence-electron chi connectivity index (χ2n) is 5.66. The first-order chi connectivity index (χ1) is 12.9. The lowest BCUT2D eigenvalue weighted by molar-refractivity contribution is 0.0943. The van der Waals surface area contributed by atoms with Crippen molar-refractivity contribution in [3.63, 3.8) is 0 Å². The summed E-state index contributed by atoms with van der Waals surface area (Å²) in [6.07, 6.45) is 0. The van der Waals surface area contributed by atoms with Crippen LogP contribution in [-0.2, 0) is 9.84 Å². The van der Waals surface area contributed by atoms with E-state index in [0.29, 0.717) is 0 Å². The third-order valence-electron chi connectivity index (χ3n) is 3.92. The molecule has 3 rings (SSSR count). The molecule has 0 aliphatic carbocycles. The zero-order valence-corrected chi connectivity index (χ0v) is 15.5. The number of carbonyl (C=O) groups excluding carboxylic acids is 1. The number of amides is 1. The van der Waals surface area contributed by atoms with Crippen molar-refractivity contribution in [2.24, 2.45) is 0 Å². The fraction of sp³-hybridized carbons (Fsp3) is 0.105. The summed E-state index contributed by atoms with van der Waals surface area (Å²) in [5, 5.41) is 4.81. The van der Waals surface area contributed by atoms with Gasteiger partial charge in [0.25, 0.3) is 5.91 Å². The molecule has 1 amide bonds. The van der Waals surface area contributed by atoms with Gasteiger partial charge in [-0.05, 0) is 41.3 Å². The van der Waals surface area contributed by atoms with E-state index in [2.05, 4.69) is 5.32 Å². The van der Waals surface area contributed by atoms with Gasteiger partial charge in [0.2, 0.25) is 9.84 Å². The first kappa shape index (κ1) is 19.2. The normalized spacial score (nSPS) is 12.7. The van der Waals surface area contributed by atoms with Gasteiger partial charge in [0.1, 0.15) is 0 Å². The number of thiophene rings is 1. The highest BCUT2D eigenvalue weighted by Gasteiger charge is 2.26. The first-order valence-electron chi connectivity index (χ1n) is 7.91. The maximum atomic E-state index is 12.6. The molecule has 4 nitrogen and oxygen atoms in total. The highest BCUT2D eigenvalue weighted by molar-refractivity contribution is 7.91. The van der Waals surface area contributed by atoms with Gasteiger partial charge in [-0.15, -0.1) is 11.3 Å². The van der Waals surface area contributed by atoms with Crippen LogP contribution in [0.5, 0.6) is 0 Å². The van der Waals surface area contributed by atoms with Gasteiger partial charge in [-0.25, -0.2) is 8.42 Å². The number of alkyl halides is 2. The Balaban J connectivity index is 1.85. The van der Waals surface area contributed by atoms with E-state index in [1.165, 1.54) is 23.5 Å². The molecule has 27 heavy (non-hydrogen) atoms. The van der Waals surface area contributed by atoms with E-state index >= 15 is 0 Å². The maximum absolute atomic E-state index is 12.6. The number of carbonyl (C=O) groups is 1. The number of benzene rings is 2. The Kier molecular flexibility index (Phi) is 5.67. The van der Waals surface area contributed by atoms with E-state index in [9.17, 15) is 22.0 Å². The molecule has 1 atom stereocenters. The van der Waals surface area contributed by atoms with Crippen LogP contribution in [-0.4, -0.2) is 20.1 Å². The van der Waals surface area contributed by atoms with Gasteiger partial charge in [-0.1, -0.05) is 36.4 Å². The molecule has 0 unspecified atom stereocenters. The first-order valence-corrected chi connectivity index (χ1v) is 10.3. The van der Waals surface area contributed by atoms with Crippen LogP contribution in [0.2, 0.25) is 0 Å². The second-order valence-corrected chi connectivity index (χ2v) is 8.56. The van der Waals surface area contributed by atoms with Crippen molar-refractivity contribution in [1.29, 1.82) is 0 Å². The number of hydrogen-bond donors (Lipinski definition) is 1.